The van der Waals surface area contributed by atoms with E-state index in [1.807, 2.05) is 41.3 Å². The second-order valence-electron chi connectivity index (χ2n) is 9.82. The van der Waals surface area contributed by atoms with Crippen LogP contribution in [0.2, 0.25) is 0 Å². The number of hydrogen-bond donors (Lipinski definition) is 2. The maximum Gasteiger partial charge on any atom is 0.410 e. The van der Waals surface area contributed by atoms with Crippen molar-refractivity contribution in [3.05, 3.63) is 70.8 Å². The minimum Gasteiger partial charge on any atom is -0.445 e. The average Bonchev–Trinajstić information content (AvgIpc) is 3.28. The predicted octanol–water partition coefficient (Wildman–Crippen LogP) is 4.42. The predicted molar refractivity (Wildman–Crippen MR) is 136 cm³/mol. The molecule has 0 aliphatic carbocycles. The normalized spacial score (nSPS) is 17.8. The summed E-state index contributed by atoms with van der Waals surface area (Å²) in [5, 5.41) is 1.51. The van der Waals surface area contributed by atoms with Crippen LogP contribution < -0.4 is 10.5 Å². The van der Waals surface area contributed by atoms with Gasteiger partial charge < -0.3 is 24.5 Å². The van der Waals surface area contributed by atoms with Crippen molar-refractivity contribution in [3.63, 3.8) is 0 Å². The molecule has 0 atom stereocenters. The molecule has 2 aromatic heterocycles. The van der Waals surface area contributed by atoms with Crippen molar-refractivity contribution in [1.29, 1.82) is 0 Å². The van der Waals surface area contributed by atoms with E-state index < -0.39 is 0 Å². The molecule has 4 heterocycles. The first-order valence-corrected chi connectivity index (χ1v) is 12.3. The third-order valence-corrected chi connectivity index (χ3v) is 7.86. The number of aromatic nitrogens is 3. The molecule has 4 aromatic rings. The summed E-state index contributed by atoms with van der Waals surface area (Å²) in [6.07, 6.45) is 5.51. The Balaban J connectivity index is 1.06. The van der Waals surface area contributed by atoms with Gasteiger partial charge in [-0.15, -0.1) is 0 Å². The fraction of sp³-hybridized carbons (Fsp3) is 0.370. The van der Waals surface area contributed by atoms with Gasteiger partial charge in [0.25, 0.3) is 5.56 Å². The van der Waals surface area contributed by atoms with Crippen LogP contribution in [0, 0.1) is 5.41 Å². The van der Waals surface area contributed by atoms with Crippen LogP contribution in [-0.4, -0.2) is 52.1 Å². The van der Waals surface area contributed by atoms with Crippen molar-refractivity contribution in [3.8, 4) is 0 Å². The Kier molecular flexibility index (Phi) is 5.43. The molecule has 2 saturated heterocycles. The van der Waals surface area contributed by atoms with Crippen molar-refractivity contribution in [2.75, 3.05) is 31.1 Å². The highest BCUT2D eigenvalue weighted by atomic mass is 16.6. The van der Waals surface area contributed by atoms with Crippen molar-refractivity contribution < 1.29 is 9.53 Å². The van der Waals surface area contributed by atoms with Crippen LogP contribution in [0.4, 0.5) is 10.5 Å². The number of anilines is 1. The minimum absolute atomic E-state index is 0.121. The molecule has 6 rings (SSSR count). The molecule has 2 N–H and O–H groups in total. The Labute approximate surface area is 202 Å². The van der Waals surface area contributed by atoms with Crippen molar-refractivity contribution in [1.82, 2.24) is 19.9 Å². The molecule has 1 amide bonds. The van der Waals surface area contributed by atoms with Gasteiger partial charge in [-0.2, -0.15) is 0 Å². The summed E-state index contributed by atoms with van der Waals surface area (Å²) < 4.78 is 5.53. The van der Waals surface area contributed by atoms with Gasteiger partial charge in [0.15, 0.2) is 0 Å². The molecule has 2 aliphatic rings. The van der Waals surface area contributed by atoms with Gasteiger partial charge in [0.05, 0.1) is 11.7 Å². The number of hydrogen-bond acceptors (Lipinski definition) is 5. The van der Waals surface area contributed by atoms with Gasteiger partial charge in [0, 0.05) is 42.8 Å². The number of ether oxygens (including phenoxy) is 1. The number of piperidine rings is 2. The van der Waals surface area contributed by atoms with E-state index in [0.717, 1.165) is 74.0 Å². The molecule has 8 heteroatoms. The Morgan fingerprint density at radius 1 is 1.00 bits per heavy atom. The first-order chi connectivity index (χ1) is 17.1. The lowest BCUT2D eigenvalue weighted by Crippen LogP contribution is -2.48. The summed E-state index contributed by atoms with van der Waals surface area (Å²) in [6, 6.07) is 16.1. The monoisotopic (exact) mass is 471 g/mol. The fourth-order valence-electron chi connectivity index (χ4n) is 5.64. The number of fused-ring (bicyclic) bond motifs is 3. The number of aromatic amines is 2. The summed E-state index contributed by atoms with van der Waals surface area (Å²) in [5.74, 6) is 0. The molecule has 35 heavy (non-hydrogen) atoms. The van der Waals surface area contributed by atoms with Gasteiger partial charge in [-0.05, 0) is 54.9 Å². The van der Waals surface area contributed by atoms with Crippen LogP contribution in [0.15, 0.2) is 59.7 Å². The Bertz CT molecular complexity index is 1410. The molecule has 1 spiro atoms. The lowest BCUT2D eigenvalue weighted by Gasteiger charge is -2.47. The molecule has 2 fully saturated rings. The van der Waals surface area contributed by atoms with Gasteiger partial charge in [0.2, 0.25) is 0 Å². The lowest BCUT2D eigenvalue weighted by molar-refractivity contribution is 0.0516. The third kappa shape index (κ3) is 4.13. The van der Waals surface area contributed by atoms with E-state index in [9.17, 15) is 9.59 Å². The number of carbonyl (C=O) groups excluding carboxylic acids is 1. The molecule has 2 aliphatic heterocycles. The number of carbonyl (C=O) groups is 1. The van der Waals surface area contributed by atoms with E-state index in [2.05, 4.69) is 32.0 Å². The van der Waals surface area contributed by atoms with Crippen molar-refractivity contribution in [2.45, 2.75) is 32.3 Å². The number of nitrogens with zero attached hydrogens (tertiary/aromatic N) is 3. The van der Waals surface area contributed by atoms with Gasteiger partial charge in [-0.3, -0.25) is 4.79 Å². The topological polar surface area (TPSA) is 94.3 Å². The SMILES string of the molecule is O=C(OCc1ccccc1)N1CCC2(CC1)CCN(c1ccc3c(c1)[nH]c1nc[nH]c(=O)c13)CC2. The minimum atomic E-state index is -0.207. The highest BCUT2D eigenvalue weighted by Gasteiger charge is 2.39. The van der Waals surface area contributed by atoms with Crippen molar-refractivity contribution >= 4 is 33.7 Å². The van der Waals surface area contributed by atoms with Gasteiger partial charge >= 0.3 is 6.09 Å². The van der Waals surface area contributed by atoms with Crippen LogP contribution in [0.3, 0.4) is 0 Å². The van der Waals surface area contributed by atoms with Gasteiger partial charge in [-0.25, -0.2) is 9.78 Å². The summed E-state index contributed by atoms with van der Waals surface area (Å²) in [7, 11) is 0. The van der Waals surface area contributed by atoms with Crippen LogP contribution in [0.25, 0.3) is 21.9 Å². The summed E-state index contributed by atoms with van der Waals surface area (Å²) in [6.45, 7) is 3.82. The maximum atomic E-state index is 12.5. The number of benzene rings is 2. The first-order valence-electron chi connectivity index (χ1n) is 12.3. The van der Waals surface area contributed by atoms with Crippen LogP contribution >= 0.6 is 0 Å². The first kappa shape index (κ1) is 21.7. The molecule has 2 aromatic carbocycles. The second kappa shape index (κ2) is 8.76. The molecule has 8 nitrogen and oxygen atoms in total. The molecular formula is C27H29N5O3. The zero-order valence-corrected chi connectivity index (χ0v) is 19.6. The smallest absolute Gasteiger partial charge is 0.410 e. The Hall–Kier alpha value is -3.81. The molecular weight excluding hydrogens is 442 g/mol. The van der Waals surface area contributed by atoms with Crippen LogP contribution in [-0.2, 0) is 11.3 Å². The zero-order valence-electron chi connectivity index (χ0n) is 19.6. The van der Waals surface area contributed by atoms with Crippen LogP contribution in [0.5, 0.6) is 0 Å². The van der Waals surface area contributed by atoms with E-state index in [1.165, 1.54) is 6.33 Å². The maximum absolute atomic E-state index is 12.5. The number of likely N-dealkylation sites (tertiary alicyclic amines) is 1. The summed E-state index contributed by atoms with van der Waals surface area (Å²) in [5.41, 5.74) is 3.91. The van der Waals surface area contributed by atoms with Gasteiger partial charge in [0.1, 0.15) is 12.3 Å². The highest BCUT2D eigenvalue weighted by molar-refractivity contribution is 6.06. The Morgan fingerprint density at radius 2 is 1.74 bits per heavy atom. The largest absolute Gasteiger partial charge is 0.445 e. The third-order valence-electron chi connectivity index (χ3n) is 7.86. The quantitative estimate of drug-likeness (QED) is 0.461. The highest BCUT2D eigenvalue weighted by Crippen LogP contribution is 2.42. The van der Waals surface area contributed by atoms with Crippen molar-refractivity contribution in [2.24, 2.45) is 5.41 Å². The molecule has 0 radical (unpaired) electrons. The number of rotatable bonds is 3. The molecule has 0 bridgehead atoms. The molecule has 0 saturated carbocycles. The number of nitrogens with one attached hydrogen (secondary N) is 2. The van der Waals surface area contributed by atoms with E-state index >= 15 is 0 Å². The molecule has 180 valence electrons. The van der Waals surface area contributed by atoms with Gasteiger partial charge in [-0.1, -0.05) is 30.3 Å². The summed E-state index contributed by atoms with van der Waals surface area (Å²) in [4.78, 5) is 39.3. The second-order valence-corrected chi connectivity index (χ2v) is 9.82. The fourth-order valence-corrected chi connectivity index (χ4v) is 5.64. The Morgan fingerprint density at radius 3 is 2.51 bits per heavy atom. The van der Waals surface area contributed by atoms with E-state index in [-0.39, 0.29) is 11.7 Å². The van der Waals surface area contributed by atoms with Crippen LogP contribution in [0.1, 0.15) is 31.2 Å². The summed E-state index contributed by atoms with van der Waals surface area (Å²) >= 11 is 0. The number of amides is 1. The van der Waals surface area contributed by atoms with E-state index in [0.29, 0.717) is 23.1 Å². The number of H-pyrrole nitrogens is 2. The standard InChI is InChI=1S/C27H29N5O3/c33-25-23-21-7-6-20(16-22(21)30-24(23)28-18-29-25)31-12-8-27(9-13-31)10-14-32(15-11-27)26(34)35-17-19-4-2-1-3-5-19/h1-7,16,18H,8-15,17H2,(H2,28,29,30,33). The molecule has 0 unspecified atom stereocenters. The van der Waals surface area contributed by atoms with E-state index in [1.54, 1.807) is 0 Å². The zero-order chi connectivity index (χ0) is 23.8. The van der Waals surface area contributed by atoms with E-state index in [4.69, 9.17) is 4.74 Å². The average molecular weight is 472 g/mol. The lowest BCUT2D eigenvalue weighted by atomic mass is 9.71.